The lowest BCUT2D eigenvalue weighted by atomic mass is 10.2. The summed E-state index contributed by atoms with van der Waals surface area (Å²) in [5, 5.41) is 12.2. The number of benzene rings is 1. The summed E-state index contributed by atoms with van der Waals surface area (Å²) in [7, 11) is 0. The fourth-order valence-electron chi connectivity index (χ4n) is 1.23. The fourth-order valence-corrected chi connectivity index (χ4v) is 1.23. The van der Waals surface area contributed by atoms with E-state index in [0.717, 1.165) is 18.5 Å². The van der Waals surface area contributed by atoms with Crippen molar-refractivity contribution < 1.29 is 23.1 Å². The molecule has 0 bridgehead atoms. The first kappa shape index (κ1) is 11.5. The molecule has 0 radical (unpaired) electrons. The van der Waals surface area contributed by atoms with E-state index >= 15 is 0 Å². The smallest absolute Gasteiger partial charge is 0.213 e. The standard InChI is InChI=1S/C10H8F2N2O3/c11-7-1-6(3-15)2-8(12)10(7)16-4-9-13-5-17-14-9/h1-2,5,15H,3-4H2. The third kappa shape index (κ3) is 2.56. The van der Waals surface area contributed by atoms with Crippen LogP contribution in [-0.4, -0.2) is 15.2 Å². The quantitative estimate of drug-likeness (QED) is 0.878. The predicted octanol–water partition coefficient (Wildman–Crippen LogP) is 1.42. The van der Waals surface area contributed by atoms with Gasteiger partial charge in [0, 0.05) is 0 Å². The van der Waals surface area contributed by atoms with Gasteiger partial charge in [-0.15, -0.1) is 0 Å². The molecule has 1 heterocycles. The summed E-state index contributed by atoms with van der Waals surface area (Å²) in [6.45, 7) is -0.651. The molecule has 0 fully saturated rings. The highest BCUT2D eigenvalue weighted by molar-refractivity contribution is 5.31. The van der Waals surface area contributed by atoms with Crippen molar-refractivity contribution in [3.8, 4) is 5.75 Å². The van der Waals surface area contributed by atoms with Gasteiger partial charge in [-0.2, -0.15) is 4.98 Å². The number of halogens is 2. The maximum Gasteiger partial charge on any atom is 0.213 e. The molecule has 0 aliphatic heterocycles. The molecule has 7 heteroatoms. The molecule has 0 saturated carbocycles. The number of ether oxygens (including phenoxy) is 1. The third-order valence-corrected chi connectivity index (χ3v) is 1.99. The van der Waals surface area contributed by atoms with Gasteiger partial charge in [0.05, 0.1) is 6.61 Å². The Bertz CT molecular complexity index is 479. The summed E-state index contributed by atoms with van der Waals surface area (Å²) >= 11 is 0. The molecule has 2 aromatic rings. The van der Waals surface area contributed by atoms with Crippen molar-refractivity contribution in [2.24, 2.45) is 0 Å². The molecule has 0 aliphatic carbocycles. The van der Waals surface area contributed by atoms with Crippen molar-refractivity contribution in [3.63, 3.8) is 0 Å². The molecule has 0 unspecified atom stereocenters. The minimum absolute atomic E-state index is 0.131. The summed E-state index contributed by atoms with van der Waals surface area (Å²) in [6, 6.07) is 1.99. The Kier molecular flexibility index (Phi) is 3.29. The average molecular weight is 242 g/mol. The van der Waals surface area contributed by atoms with Crippen LogP contribution < -0.4 is 4.74 Å². The molecular formula is C10H8F2N2O3. The number of aliphatic hydroxyl groups excluding tert-OH is 1. The van der Waals surface area contributed by atoms with Crippen LogP contribution in [0.3, 0.4) is 0 Å². The summed E-state index contributed by atoms with van der Waals surface area (Å²) in [6.07, 6.45) is 1.08. The van der Waals surface area contributed by atoms with Crippen LogP contribution in [0.25, 0.3) is 0 Å². The molecule has 0 aliphatic rings. The molecule has 17 heavy (non-hydrogen) atoms. The highest BCUT2D eigenvalue weighted by Gasteiger charge is 2.13. The second-order valence-electron chi connectivity index (χ2n) is 3.18. The molecule has 0 amide bonds. The van der Waals surface area contributed by atoms with Gasteiger partial charge in [-0.05, 0) is 17.7 Å². The lowest BCUT2D eigenvalue weighted by Crippen LogP contribution is -2.02. The van der Waals surface area contributed by atoms with Crippen LogP contribution in [0.15, 0.2) is 23.0 Å². The molecule has 1 aromatic carbocycles. The van der Waals surface area contributed by atoms with Crippen molar-refractivity contribution in [1.29, 1.82) is 0 Å². The van der Waals surface area contributed by atoms with Gasteiger partial charge >= 0.3 is 0 Å². The zero-order valence-electron chi connectivity index (χ0n) is 8.56. The predicted molar refractivity (Wildman–Crippen MR) is 50.9 cm³/mol. The van der Waals surface area contributed by atoms with E-state index < -0.39 is 24.0 Å². The molecule has 2 rings (SSSR count). The molecule has 90 valence electrons. The normalized spacial score (nSPS) is 10.5. The van der Waals surface area contributed by atoms with Gasteiger partial charge in [0.25, 0.3) is 0 Å². The van der Waals surface area contributed by atoms with E-state index in [-0.39, 0.29) is 18.0 Å². The summed E-state index contributed by atoms with van der Waals surface area (Å²) < 4.78 is 36.1. The first-order chi connectivity index (χ1) is 8.20. The molecule has 0 saturated heterocycles. The van der Waals surface area contributed by atoms with Gasteiger partial charge in [0.15, 0.2) is 24.0 Å². The lowest BCUT2D eigenvalue weighted by molar-refractivity contribution is 0.255. The number of hydrogen-bond acceptors (Lipinski definition) is 5. The van der Waals surface area contributed by atoms with E-state index in [1.807, 2.05) is 0 Å². The summed E-state index contributed by atoms with van der Waals surface area (Å²) in [4.78, 5) is 3.64. The van der Waals surface area contributed by atoms with E-state index in [0.29, 0.717) is 0 Å². The third-order valence-electron chi connectivity index (χ3n) is 1.99. The molecule has 1 aromatic heterocycles. The first-order valence-corrected chi connectivity index (χ1v) is 4.67. The molecule has 5 nitrogen and oxygen atoms in total. The second kappa shape index (κ2) is 4.88. The number of nitrogens with zero attached hydrogens (tertiary/aromatic N) is 2. The van der Waals surface area contributed by atoms with Crippen molar-refractivity contribution in [2.45, 2.75) is 13.2 Å². The number of aromatic nitrogens is 2. The SMILES string of the molecule is OCc1cc(F)c(OCc2ncon2)c(F)c1. The van der Waals surface area contributed by atoms with Crippen LogP contribution in [0.4, 0.5) is 8.78 Å². The van der Waals surface area contributed by atoms with Crippen molar-refractivity contribution in [1.82, 2.24) is 10.1 Å². The maximum atomic E-state index is 13.4. The average Bonchev–Trinajstić information content (AvgIpc) is 2.80. The Morgan fingerprint density at radius 3 is 2.53 bits per heavy atom. The van der Waals surface area contributed by atoms with Gasteiger partial charge in [0.2, 0.25) is 12.2 Å². The molecule has 0 atom stereocenters. The molecule has 1 N–H and O–H groups in total. The Morgan fingerprint density at radius 2 is 2.00 bits per heavy atom. The van der Waals surface area contributed by atoms with Gasteiger partial charge in [-0.3, -0.25) is 0 Å². The maximum absolute atomic E-state index is 13.4. The van der Waals surface area contributed by atoms with E-state index in [2.05, 4.69) is 14.7 Å². The highest BCUT2D eigenvalue weighted by Crippen LogP contribution is 2.24. The van der Waals surface area contributed by atoms with Crippen LogP contribution in [0, 0.1) is 11.6 Å². The zero-order chi connectivity index (χ0) is 12.3. The first-order valence-electron chi connectivity index (χ1n) is 4.67. The van der Waals surface area contributed by atoms with Gasteiger partial charge in [0.1, 0.15) is 0 Å². The lowest BCUT2D eigenvalue weighted by Gasteiger charge is -2.07. The Morgan fingerprint density at radius 1 is 1.29 bits per heavy atom. The van der Waals surface area contributed by atoms with E-state index in [9.17, 15) is 8.78 Å². The largest absolute Gasteiger partial charge is 0.479 e. The minimum atomic E-state index is -0.891. The monoisotopic (exact) mass is 242 g/mol. The van der Waals surface area contributed by atoms with Crippen LogP contribution in [0.2, 0.25) is 0 Å². The Hall–Kier alpha value is -2.02. The van der Waals surface area contributed by atoms with Gasteiger partial charge < -0.3 is 14.4 Å². The van der Waals surface area contributed by atoms with Crippen molar-refractivity contribution in [3.05, 3.63) is 41.5 Å². The van der Waals surface area contributed by atoms with E-state index in [1.165, 1.54) is 0 Å². The topological polar surface area (TPSA) is 68.4 Å². The van der Waals surface area contributed by atoms with Gasteiger partial charge in [-0.1, -0.05) is 5.16 Å². The van der Waals surface area contributed by atoms with E-state index in [4.69, 9.17) is 9.84 Å². The second-order valence-corrected chi connectivity index (χ2v) is 3.18. The van der Waals surface area contributed by atoms with Crippen LogP contribution in [0.1, 0.15) is 11.4 Å². The zero-order valence-corrected chi connectivity index (χ0v) is 8.56. The van der Waals surface area contributed by atoms with Crippen LogP contribution in [0.5, 0.6) is 5.75 Å². The fraction of sp³-hybridized carbons (Fsp3) is 0.200. The molecular weight excluding hydrogens is 234 g/mol. The summed E-state index contributed by atoms with van der Waals surface area (Å²) in [5.41, 5.74) is 0.131. The highest BCUT2D eigenvalue weighted by atomic mass is 19.1. The number of hydrogen-bond donors (Lipinski definition) is 1. The summed E-state index contributed by atoms with van der Waals surface area (Å²) in [5.74, 6) is -2.14. The van der Waals surface area contributed by atoms with Crippen LogP contribution >= 0.6 is 0 Å². The van der Waals surface area contributed by atoms with Crippen molar-refractivity contribution in [2.75, 3.05) is 0 Å². The van der Waals surface area contributed by atoms with Gasteiger partial charge in [-0.25, -0.2) is 8.78 Å². The minimum Gasteiger partial charge on any atom is -0.479 e. The van der Waals surface area contributed by atoms with Crippen LogP contribution in [-0.2, 0) is 13.2 Å². The molecule has 0 spiro atoms. The number of aliphatic hydroxyl groups is 1. The van der Waals surface area contributed by atoms with E-state index in [1.54, 1.807) is 0 Å². The Labute approximate surface area is 94.6 Å². The Balaban J connectivity index is 2.15. The number of rotatable bonds is 4. The van der Waals surface area contributed by atoms with Crippen molar-refractivity contribution >= 4 is 0 Å².